The van der Waals surface area contributed by atoms with E-state index in [-0.39, 0.29) is 10.7 Å². The lowest BCUT2D eigenvalue weighted by Gasteiger charge is -2.06. The predicted molar refractivity (Wildman–Crippen MR) is 79.0 cm³/mol. The highest BCUT2D eigenvalue weighted by Gasteiger charge is 2.09. The minimum atomic E-state index is -0.788. The number of aromatic nitrogens is 1. The van der Waals surface area contributed by atoms with Crippen molar-refractivity contribution in [3.8, 4) is 6.07 Å². The number of nitrogens with two attached hydrogens (primary N) is 1. The van der Waals surface area contributed by atoms with Crippen LogP contribution in [-0.2, 0) is 4.79 Å². The van der Waals surface area contributed by atoms with E-state index < -0.39 is 5.91 Å². The lowest BCUT2D eigenvalue weighted by atomic mass is 10.0. The Morgan fingerprint density at radius 2 is 2.00 bits per heavy atom. The molecule has 0 saturated heterocycles. The van der Waals surface area contributed by atoms with E-state index in [2.05, 4.69) is 4.98 Å². The molecule has 0 aliphatic rings. The molecule has 0 spiro atoms. The lowest BCUT2D eigenvalue weighted by Crippen LogP contribution is -2.12. The van der Waals surface area contributed by atoms with Crippen LogP contribution in [-0.4, -0.2) is 10.9 Å². The maximum Gasteiger partial charge on any atom is 0.259 e. The monoisotopic (exact) mass is 285 g/mol. The zero-order chi connectivity index (χ0) is 14.9. The first-order chi connectivity index (χ1) is 9.42. The fourth-order valence-corrected chi connectivity index (χ4v) is 2.05. The molecule has 1 heterocycles. The molecule has 0 radical (unpaired) electrons. The number of nitriles is 1. The van der Waals surface area contributed by atoms with Crippen molar-refractivity contribution in [3.05, 3.63) is 45.6 Å². The number of amides is 1. The van der Waals surface area contributed by atoms with E-state index in [1.165, 1.54) is 6.08 Å². The highest BCUT2D eigenvalue weighted by Crippen LogP contribution is 2.25. The smallest absolute Gasteiger partial charge is 0.259 e. The maximum atomic E-state index is 11.1. The molecule has 0 saturated carbocycles. The van der Waals surface area contributed by atoms with Gasteiger partial charge < -0.3 is 5.73 Å². The fourth-order valence-electron chi connectivity index (χ4n) is 1.85. The number of aryl methyl sites for hydroxylation is 2. The van der Waals surface area contributed by atoms with Crippen molar-refractivity contribution in [2.75, 3.05) is 0 Å². The van der Waals surface area contributed by atoms with E-state index in [9.17, 15) is 4.79 Å². The first kappa shape index (κ1) is 14.0. The number of hydrogen-bond donors (Lipinski definition) is 1. The standard InChI is InChI=1S/C15H12ClN3O/c1-8-3-10-5-11(6-12(7-17)15(18)20)14(16)19-13(10)4-9(8)2/h3-6H,1-2H3,(H2,18,20). The van der Waals surface area contributed by atoms with Gasteiger partial charge in [0.05, 0.1) is 5.52 Å². The number of fused-ring (bicyclic) bond motifs is 1. The van der Waals surface area contributed by atoms with Crippen LogP contribution in [0.4, 0.5) is 0 Å². The second-order valence-corrected chi connectivity index (χ2v) is 4.89. The summed E-state index contributed by atoms with van der Waals surface area (Å²) in [6, 6.07) is 7.47. The number of pyridine rings is 1. The molecule has 2 aromatic rings. The van der Waals surface area contributed by atoms with Crippen molar-refractivity contribution in [1.82, 2.24) is 4.98 Å². The molecule has 5 heteroatoms. The SMILES string of the molecule is Cc1cc2cc(C=C(C#N)C(N)=O)c(Cl)nc2cc1C. The van der Waals surface area contributed by atoms with Crippen LogP contribution in [0.2, 0.25) is 5.15 Å². The van der Waals surface area contributed by atoms with E-state index in [0.29, 0.717) is 5.56 Å². The molecule has 1 aromatic carbocycles. The van der Waals surface area contributed by atoms with E-state index in [1.54, 1.807) is 12.1 Å². The predicted octanol–water partition coefficient (Wildman–Crippen LogP) is 2.90. The largest absolute Gasteiger partial charge is 0.365 e. The van der Waals surface area contributed by atoms with Gasteiger partial charge in [0.2, 0.25) is 0 Å². The molecule has 0 aliphatic heterocycles. The van der Waals surface area contributed by atoms with Crippen molar-refractivity contribution in [2.24, 2.45) is 5.73 Å². The summed E-state index contributed by atoms with van der Waals surface area (Å²) in [5, 5.41) is 9.99. The van der Waals surface area contributed by atoms with Gasteiger partial charge in [-0.25, -0.2) is 4.98 Å². The summed E-state index contributed by atoms with van der Waals surface area (Å²) in [6.45, 7) is 4.00. The number of halogens is 1. The van der Waals surface area contributed by atoms with Gasteiger partial charge in [-0.1, -0.05) is 11.6 Å². The van der Waals surface area contributed by atoms with Gasteiger partial charge in [0, 0.05) is 10.9 Å². The summed E-state index contributed by atoms with van der Waals surface area (Å²) in [6.07, 6.45) is 1.35. The Hall–Kier alpha value is -2.38. The van der Waals surface area contributed by atoms with Gasteiger partial charge in [-0.2, -0.15) is 5.26 Å². The van der Waals surface area contributed by atoms with E-state index >= 15 is 0 Å². The summed E-state index contributed by atoms with van der Waals surface area (Å²) < 4.78 is 0. The Bertz CT molecular complexity index is 788. The van der Waals surface area contributed by atoms with Crippen LogP contribution in [0.15, 0.2) is 23.8 Å². The summed E-state index contributed by atoms with van der Waals surface area (Å²) in [5.74, 6) is -0.788. The van der Waals surface area contributed by atoms with E-state index in [0.717, 1.165) is 22.0 Å². The minimum Gasteiger partial charge on any atom is -0.365 e. The van der Waals surface area contributed by atoms with Crippen molar-refractivity contribution in [2.45, 2.75) is 13.8 Å². The number of benzene rings is 1. The topological polar surface area (TPSA) is 79.8 Å². The third-order valence-corrected chi connectivity index (χ3v) is 3.40. The minimum absolute atomic E-state index is 0.156. The Morgan fingerprint density at radius 1 is 1.35 bits per heavy atom. The van der Waals surface area contributed by atoms with Crippen LogP contribution in [0, 0.1) is 25.2 Å². The Morgan fingerprint density at radius 3 is 2.60 bits per heavy atom. The van der Waals surface area contributed by atoms with Gasteiger partial charge in [0.15, 0.2) is 0 Å². The summed E-state index contributed by atoms with van der Waals surface area (Å²) in [7, 11) is 0. The number of nitrogens with zero attached hydrogens (tertiary/aromatic N) is 2. The molecule has 0 aliphatic carbocycles. The molecular weight excluding hydrogens is 274 g/mol. The molecule has 0 atom stereocenters. The van der Waals surface area contributed by atoms with Gasteiger partial charge in [-0.15, -0.1) is 0 Å². The van der Waals surface area contributed by atoms with Gasteiger partial charge in [-0.3, -0.25) is 4.79 Å². The first-order valence-electron chi connectivity index (χ1n) is 5.91. The summed E-state index contributed by atoms with van der Waals surface area (Å²) >= 11 is 6.08. The summed E-state index contributed by atoms with van der Waals surface area (Å²) in [5.41, 5.74) is 8.48. The molecule has 20 heavy (non-hydrogen) atoms. The molecule has 0 unspecified atom stereocenters. The third-order valence-electron chi connectivity index (χ3n) is 3.10. The average Bonchev–Trinajstić information content (AvgIpc) is 2.38. The molecule has 0 bridgehead atoms. The highest BCUT2D eigenvalue weighted by atomic mass is 35.5. The van der Waals surface area contributed by atoms with Gasteiger partial charge in [0.1, 0.15) is 16.8 Å². The molecule has 0 fully saturated rings. The van der Waals surface area contributed by atoms with Crippen LogP contribution >= 0.6 is 11.6 Å². The molecule has 4 nitrogen and oxygen atoms in total. The Kier molecular flexibility index (Phi) is 3.73. The van der Waals surface area contributed by atoms with Crippen LogP contribution in [0.25, 0.3) is 17.0 Å². The molecule has 100 valence electrons. The second kappa shape index (κ2) is 5.32. The first-order valence-corrected chi connectivity index (χ1v) is 6.29. The summed E-state index contributed by atoms with van der Waals surface area (Å²) in [4.78, 5) is 15.4. The molecule has 2 N–H and O–H groups in total. The average molecular weight is 286 g/mol. The second-order valence-electron chi connectivity index (χ2n) is 4.53. The highest BCUT2D eigenvalue weighted by molar-refractivity contribution is 6.31. The quantitative estimate of drug-likeness (QED) is 0.523. The zero-order valence-electron chi connectivity index (χ0n) is 11.1. The molecule has 2 rings (SSSR count). The molecule has 1 amide bonds. The van der Waals surface area contributed by atoms with Gasteiger partial charge >= 0.3 is 0 Å². The maximum absolute atomic E-state index is 11.1. The fraction of sp³-hybridized carbons (Fsp3) is 0.133. The number of primary amides is 1. The van der Waals surface area contributed by atoms with Crippen molar-refractivity contribution in [3.63, 3.8) is 0 Å². The molecule has 1 aromatic heterocycles. The van der Waals surface area contributed by atoms with Crippen LogP contribution < -0.4 is 5.73 Å². The number of rotatable bonds is 2. The van der Waals surface area contributed by atoms with Crippen LogP contribution in [0.5, 0.6) is 0 Å². The Balaban J connectivity index is 2.67. The number of hydrogen-bond acceptors (Lipinski definition) is 3. The van der Waals surface area contributed by atoms with E-state index in [1.807, 2.05) is 26.0 Å². The lowest BCUT2D eigenvalue weighted by molar-refractivity contribution is -0.114. The van der Waals surface area contributed by atoms with E-state index in [4.69, 9.17) is 22.6 Å². The Labute approximate surface area is 121 Å². The molecular formula is C15H12ClN3O. The number of carbonyl (C=O) groups excluding carboxylic acids is 1. The third kappa shape index (κ3) is 2.63. The van der Waals surface area contributed by atoms with Crippen molar-refractivity contribution >= 4 is 34.5 Å². The van der Waals surface area contributed by atoms with Crippen molar-refractivity contribution < 1.29 is 4.79 Å². The van der Waals surface area contributed by atoms with Crippen LogP contribution in [0.1, 0.15) is 16.7 Å². The number of carbonyl (C=O) groups is 1. The van der Waals surface area contributed by atoms with Crippen molar-refractivity contribution in [1.29, 1.82) is 5.26 Å². The van der Waals surface area contributed by atoms with Gasteiger partial charge in [-0.05, 0) is 49.2 Å². The normalized spacial score (nSPS) is 11.4. The zero-order valence-corrected chi connectivity index (χ0v) is 11.8. The van der Waals surface area contributed by atoms with Gasteiger partial charge in [0.25, 0.3) is 5.91 Å². The van der Waals surface area contributed by atoms with Crippen LogP contribution in [0.3, 0.4) is 0 Å².